The summed E-state index contributed by atoms with van der Waals surface area (Å²) >= 11 is 1.44. The summed E-state index contributed by atoms with van der Waals surface area (Å²) in [7, 11) is 0. The van der Waals surface area contributed by atoms with Crippen molar-refractivity contribution in [1.82, 2.24) is 9.36 Å². The number of pyridine rings is 1. The first-order valence-corrected chi connectivity index (χ1v) is 7.42. The summed E-state index contributed by atoms with van der Waals surface area (Å²) in [5, 5.41) is 4.58. The highest BCUT2D eigenvalue weighted by Gasteiger charge is 2.27. The Morgan fingerprint density at radius 1 is 1.42 bits per heavy atom. The Hall–Kier alpha value is -1.62. The topological polar surface area (TPSA) is 63.8 Å². The van der Waals surface area contributed by atoms with Gasteiger partial charge in [-0.1, -0.05) is 6.92 Å². The molecule has 3 rings (SSSR count). The van der Waals surface area contributed by atoms with Crippen LogP contribution in [-0.2, 0) is 0 Å². The molecule has 4 nitrogen and oxygen atoms in total. The van der Waals surface area contributed by atoms with Gasteiger partial charge < -0.3 is 11.1 Å². The van der Waals surface area contributed by atoms with Crippen LogP contribution in [0.4, 0.5) is 10.8 Å². The minimum absolute atomic E-state index is 0.595. The van der Waals surface area contributed by atoms with Crippen LogP contribution in [0, 0.1) is 11.8 Å². The molecular weight excluding hydrogens is 256 g/mol. The molecule has 1 fully saturated rings. The molecule has 1 aliphatic carbocycles. The van der Waals surface area contributed by atoms with Crippen molar-refractivity contribution in [2.24, 2.45) is 11.8 Å². The molecule has 0 aliphatic heterocycles. The van der Waals surface area contributed by atoms with Crippen LogP contribution in [0.1, 0.15) is 19.8 Å². The monoisotopic (exact) mass is 274 g/mol. The number of nitrogen functional groups attached to an aromatic ring is 1. The fraction of sp³-hybridized carbons (Fsp3) is 0.429. The Morgan fingerprint density at radius 3 is 2.84 bits per heavy atom. The van der Waals surface area contributed by atoms with E-state index in [2.05, 4.69) is 21.6 Å². The van der Waals surface area contributed by atoms with E-state index in [9.17, 15) is 0 Å². The second kappa shape index (κ2) is 5.17. The average molecular weight is 274 g/mol. The molecule has 0 amide bonds. The standard InChI is InChI=1S/C14H18N4S/c1-9(10-2-3-10)8-17-14-12(13(15)18-19-14)11-4-6-16-7-5-11/h4-7,9-10,17H,2-3,8H2,1H3,(H2,15,18). The van der Waals surface area contributed by atoms with E-state index in [1.54, 1.807) is 12.4 Å². The van der Waals surface area contributed by atoms with Crippen LogP contribution >= 0.6 is 11.5 Å². The molecule has 3 N–H and O–H groups in total. The molecule has 0 spiro atoms. The lowest BCUT2D eigenvalue weighted by Gasteiger charge is -2.12. The van der Waals surface area contributed by atoms with Crippen LogP contribution in [-0.4, -0.2) is 15.9 Å². The quantitative estimate of drug-likeness (QED) is 0.878. The maximum atomic E-state index is 5.99. The first-order chi connectivity index (χ1) is 9.25. The zero-order valence-corrected chi connectivity index (χ0v) is 11.8. The van der Waals surface area contributed by atoms with E-state index in [1.165, 1.54) is 24.4 Å². The second-order valence-electron chi connectivity index (χ2n) is 5.20. The third kappa shape index (κ3) is 2.71. The molecule has 0 radical (unpaired) electrons. The number of hydrogen-bond donors (Lipinski definition) is 2. The van der Waals surface area contributed by atoms with Gasteiger partial charge in [-0.2, -0.15) is 4.37 Å². The lowest BCUT2D eigenvalue weighted by molar-refractivity contribution is 0.537. The van der Waals surface area contributed by atoms with E-state index in [-0.39, 0.29) is 0 Å². The van der Waals surface area contributed by atoms with Crippen LogP contribution in [0.5, 0.6) is 0 Å². The minimum atomic E-state index is 0.595. The molecule has 0 saturated heterocycles. The largest absolute Gasteiger partial charge is 0.382 e. The number of nitrogens with one attached hydrogen (secondary N) is 1. The predicted octanol–water partition coefficient (Wildman–Crippen LogP) is 3.25. The maximum absolute atomic E-state index is 5.99. The van der Waals surface area contributed by atoms with Crippen molar-refractivity contribution < 1.29 is 0 Å². The lowest BCUT2D eigenvalue weighted by atomic mass is 10.1. The number of aromatic nitrogens is 2. The van der Waals surface area contributed by atoms with Crippen molar-refractivity contribution in [1.29, 1.82) is 0 Å². The van der Waals surface area contributed by atoms with E-state index >= 15 is 0 Å². The number of anilines is 2. The van der Waals surface area contributed by atoms with Crippen molar-refractivity contribution in [3.8, 4) is 11.1 Å². The SMILES string of the molecule is CC(CNc1snc(N)c1-c1ccncc1)C1CC1. The highest BCUT2D eigenvalue weighted by atomic mass is 32.1. The van der Waals surface area contributed by atoms with Crippen molar-refractivity contribution in [3.05, 3.63) is 24.5 Å². The van der Waals surface area contributed by atoms with Gasteiger partial charge in [-0.15, -0.1) is 0 Å². The Morgan fingerprint density at radius 2 is 2.16 bits per heavy atom. The first-order valence-electron chi connectivity index (χ1n) is 6.65. The summed E-state index contributed by atoms with van der Waals surface area (Å²) in [6.07, 6.45) is 6.32. The molecule has 1 atom stereocenters. The van der Waals surface area contributed by atoms with Gasteiger partial charge in [0.05, 0.1) is 5.56 Å². The van der Waals surface area contributed by atoms with E-state index in [1.807, 2.05) is 12.1 Å². The second-order valence-corrected chi connectivity index (χ2v) is 5.98. The van der Waals surface area contributed by atoms with Crippen LogP contribution in [0.25, 0.3) is 11.1 Å². The third-order valence-electron chi connectivity index (χ3n) is 3.70. The third-order valence-corrected chi connectivity index (χ3v) is 4.52. The van der Waals surface area contributed by atoms with Gasteiger partial charge >= 0.3 is 0 Å². The van der Waals surface area contributed by atoms with Crippen molar-refractivity contribution in [2.75, 3.05) is 17.6 Å². The normalized spacial score (nSPS) is 16.3. The maximum Gasteiger partial charge on any atom is 0.147 e. The molecular formula is C14H18N4S. The summed E-state index contributed by atoms with van der Waals surface area (Å²) in [5.41, 5.74) is 8.07. The van der Waals surface area contributed by atoms with Gasteiger partial charge in [0.2, 0.25) is 0 Å². The summed E-state index contributed by atoms with van der Waals surface area (Å²) in [4.78, 5) is 4.04. The van der Waals surface area contributed by atoms with E-state index in [4.69, 9.17) is 5.73 Å². The molecule has 2 aromatic heterocycles. The minimum Gasteiger partial charge on any atom is -0.382 e. The molecule has 0 aromatic carbocycles. The lowest BCUT2D eigenvalue weighted by Crippen LogP contribution is -2.12. The molecule has 5 heteroatoms. The molecule has 2 aromatic rings. The number of hydrogen-bond acceptors (Lipinski definition) is 5. The summed E-state index contributed by atoms with van der Waals surface area (Å²) < 4.78 is 4.27. The zero-order chi connectivity index (χ0) is 13.2. The van der Waals surface area contributed by atoms with Gasteiger partial charge in [-0.05, 0) is 53.9 Å². The van der Waals surface area contributed by atoms with E-state index in [0.717, 1.165) is 28.6 Å². The van der Waals surface area contributed by atoms with Crippen LogP contribution in [0.15, 0.2) is 24.5 Å². The van der Waals surface area contributed by atoms with E-state index in [0.29, 0.717) is 11.7 Å². The van der Waals surface area contributed by atoms with Crippen LogP contribution in [0.3, 0.4) is 0 Å². The molecule has 19 heavy (non-hydrogen) atoms. The Kier molecular flexibility index (Phi) is 3.38. The van der Waals surface area contributed by atoms with Gasteiger partial charge in [0, 0.05) is 18.9 Å². The first kappa shape index (κ1) is 12.4. The smallest absolute Gasteiger partial charge is 0.147 e. The van der Waals surface area contributed by atoms with Gasteiger partial charge in [0.1, 0.15) is 10.8 Å². The van der Waals surface area contributed by atoms with Gasteiger partial charge in [0.25, 0.3) is 0 Å². The number of nitrogens with zero attached hydrogens (tertiary/aromatic N) is 2. The van der Waals surface area contributed by atoms with E-state index < -0.39 is 0 Å². The molecule has 1 unspecified atom stereocenters. The summed E-state index contributed by atoms with van der Waals surface area (Å²) in [5.74, 6) is 2.22. The highest BCUT2D eigenvalue weighted by Crippen LogP contribution is 2.39. The zero-order valence-electron chi connectivity index (χ0n) is 11.0. The Labute approximate surface area is 117 Å². The van der Waals surface area contributed by atoms with Gasteiger partial charge in [0.15, 0.2) is 0 Å². The molecule has 0 bridgehead atoms. The summed E-state index contributed by atoms with van der Waals surface area (Å²) in [6, 6.07) is 3.94. The molecule has 1 aliphatic rings. The van der Waals surface area contributed by atoms with Crippen LogP contribution in [0.2, 0.25) is 0 Å². The molecule has 100 valence electrons. The number of nitrogens with two attached hydrogens (primary N) is 1. The van der Waals surface area contributed by atoms with Crippen molar-refractivity contribution in [2.45, 2.75) is 19.8 Å². The Bertz CT molecular complexity index is 548. The summed E-state index contributed by atoms with van der Waals surface area (Å²) in [6.45, 7) is 3.30. The predicted molar refractivity (Wildman–Crippen MR) is 80.1 cm³/mol. The fourth-order valence-corrected chi connectivity index (χ4v) is 3.05. The highest BCUT2D eigenvalue weighted by molar-refractivity contribution is 7.11. The average Bonchev–Trinajstić information content (AvgIpc) is 3.21. The van der Waals surface area contributed by atoms with Gasteiger partial charge in [-0.3, -0.25) is 4.98 Å². The number of rotatable bonds is 5. The van der Waals surface area contributed by atoms with Crippen molar-refractivity contribution >= 4 is 22.4 Å². The van der Waals surface area contributed by atoms with Crippen molar-refractivity contribution in [3.63, 3.8) is 0 Å². The van der Waals surface area contributed by atoms with Crippen LogP contribution < -0.4 is 11.1 Å². The Balaban J connectivity index is 1.78. The van der Waals surface area contributed by atoms with Gasteiger partial charge in [-0.25, -0.2) is 0 Å². The molecule has 2 heterocycles. The molecule has 1 saturated carbocycles. The fourth-order valence-electron chi connectivity index (χ4n) is 2.31.